The first-order valence-corrected chi connectivity index (χ1v) is 14.3. The van der Waals surface area contributed by atoms with Crippen molar-refractivity contribution in [2.45, 2.75) is 84.5 Å². The van der Waals surface area contributed by atoms with Crippen LogP contribution in [0.3, 0.4) is 0 Å². The molecule has 4 heteroatoms. The Morgan fingerprint density at radius 2 is 1.50 bits per heavy atom. The molecule has 5 fully saturated rings. The molecule has 2 aliphatic heterocycles. The van der Waals surface area contributed by atoms with Crippen LogP contribution in [0.25, 0.3) is 0 Å². The van der Waals surface area contributed by atoms with Gasteiger partial charge in [-0.2, -0.15) is 0 Å². The summed E-state index contributed by atoms with van der Waals surface area (Å²) in [5.74, 6) is 3.72. The highest BCUT2D eigenvalue weighted by molar-refractivity contribution is 5.85. The molecule has 0 spiro atoms. The van der Waals surface area contributed by atoms with E-state index in [1.54, 1.807) is 0 Å². The zero-order valence-corrected chi connectivity index (χ0v) is 22.0. The van der Waals surface area contributed by atoms with E-state index >= 15 is 0 Å². The lowest BCUT2D eigenvalue weighted by Gasteiger charge is -2.44. The Kier molecular flexibility index (Phi) is 6.92. The smallest absolute Gasteiger partial charge is 0.228 e. The molecule has 0 radical (unpaired) electrons. The van der Waals surface area contributed by atoms with E-state index in [4.69, 9.17) is 4.74 Å². The van der Waals surface area contributed by atoms with Crippen LogP contribution in [0.4, 0.5) is 0 Å². The fraction of sp³-hybridized carbons (Fsp3) is 0.833. The zero-order chi connectivity index (χ0) is 23.9. The van der Waals surface area contributed by atoms with E-state index in [0.29, 0.717) is 11.8 Å². The van der Waals surface area contributed by atoms with E-state index in [1.807, 2.05) is 0 Å². The third kappa shape index (κ3) is 4.99. The number of carbonyl (C=O) groups excluding carboxylic acids is 1. The van der Waals surface area contributed by atoms with Gasteiger partial charge in [0.25, 0.3) is 0 Å². The van der Waals surface area contributed by atoms with E-state index in [-0.39, 0.29) is 10.8 Å². The second kappa shape index (κ2) is 9.64. The maximum atomic E-state index is 12.7. The predicted molar refractivity (Wildman–Crippen MR) is 138 cm³/mol. The summed E-state index contributed by atoms with van der Waals surface area (Å²) in [6.45, 7) is 18.9. The summed E-state index contributed by atoms with van der Waals surface area (Å²) in [6.07, 6.45) is 14.4. The minimum Gasteiger partial charge on any atom is -0.379 e. The Hall–Kier alpha value is -1.29. The first-order chi connectivity index (χ1) is 16.3. The van der Waals surface area contributed by atoms with E-state index in [1.165, 1.54) is 69.1 Å². The first kappa shape index (κ1) is 24.4. The van der Waals surface area contributed by atoms with Crippen LogP contribution >= 0.6 is 0 Å². The molecule has 0 N–H and O–H groups in total. The number of carbonyl (C=O) groups is 1. The number of nitrogens with zero attached hydrogens (tertiary/aromatic N) is 2. The molecular weight excluding hydrogens is 420 g/mol. The third-order valence-electron chi connectivity index (χ3n) is 10.5. The second-order valence-electron chi connectivity index (χ2n) is 13.1. The average molecular weight is 469 g/mol. The van der Waals surface area contributed by atoms with Gasteiger partial charge >= 0.3 is 0 Å². The summed E-state index contributed by atoms with van der Waals surface area (Å²) < 4.78 is 5.48. The highest BCUT2D eigenvalue weighted by atomic mass is 16.5. The molecule has 3 saturated carbocycles. The van der Waals surface area contributed by atoms with Gasteiger partial charge in [0.1, 0.15) is 0 Å². The number of piperazine rings is 1. The van der Waals surface area contributed by atoms with Crippen molar-refractivity contribution < 1.29 is 9.53 Å². The molecule has 0 bridgehead atoms. The largest absolute Gasteiger partial charge is 0.379 e. The molecule has 0 aromatic carbocycles. The Morgan fingerprint density at radius 1 is 0.853 bits per heavy atom. The van der Waals surface area contributed by atoms with Crippen molar-refractivity contribution >= 4 is 5.91 Å². The highest BCUT2D eigenvalue weighted by Crippen LogP contribution is 2.48. The molecule has 2 heterocycles. The molecule has 5 rings (SSSR count). The van der Waals surface area contributed by atoms with Crippen molar-refractivity contribution in [2.24, 2.45) is 34.5 Å². The topological polar surface area (TPSA) is 32.8 Å². The van der Waals surface area contributed by atoms with Crippen LogP contribution in [-0.2, 0) is 9.53 Å². The van der Waals surface area contributed by atoms with Gasteiger partial charge < -0.3 is 14.5 Å². The van der Waals surface area contributed by atoms with Crippen LogP contribution in [0.15, 0.2) is 24.4 Å². The molecule has 190 valence electrons. The Bertz CT molecular complexity index is 780. The second-order valence-corrected chi connectivity index (χ2v) is 13.1. The van der Waals surface area contributed by atoms with Crippen molar-refractivity contribution in [3.63, 3.8) is 0 Å². The van der Waals surface area contributed by atoms with E-state index in [9.17, 15) is 4.79 Å². The van der Waals surface area contributed by atoms with Gasteiger partial charge in [0.2, 0.25) is 5.91 Å². The standard InChI is InChI=1S/C30H48N2O2/c1-22(30(4)20-34-21-30)18-24-6-5-7-27(19-24)26-10-8-25(9-11-26)23(2)31-14-16-32(17-15-31)28(33)29(3)12-13-29/h24-27H,1-2,5-21H2,3-4H3. The van der Waals surface area contributed by atoms with Gasteiger partial charge in [-0.15, -0.1) is 0 Å². The minimum atomic E-state index is -0.0352. The van der Waals surface area contributed by atoms with Gasteiger partial charge in [-0.25, -0.2) is 0 Å². The maximum absolute atomic E-state index is 12.7. The summed E-state index contributed by atoms with van der Waals surface area (Å²) in [4.78, 5) is 17.3. The maximum Gasteiger partial charge on any atom is 0.228 e. The van der Waals surface area contributed by atoms with Gasteiger partial charge in [0, 0.05) is 42.7 Å². The highest BCUT2D eigenvalue weighted by Gasteiger charge is 2.47. The number of allylic oxidation sites excluding steroid dienone is 1. The molecule has 34 heavy (non-hydrogen) atoms. The van der Waals surface area contributed by atoms with E-state index < -0.39 is 0 Å². The predicted octanol–water partition coefficient (Wildman–Crippen LogP) is 6.04. The summed E-state index contributed by atoms with van der Waals surface area (Å²) in [5, 5.41) is 0. The van der Waals surface area contributed by atoms with Crippen molar-refractivity contribution in [3.8, 4) is 0 Å². The number of hydrogen-bond donors (Lipinski definition) is 0. The van der Waals surface area contributed by atoms with Gasteiger partial charge in [0.15, 0.2) is 0 Å². The summed E-state index contributed by atoms with van der Waals surface area (Å²) in [5.41, 5.74) is 3.02. The summed E-state index contributed by atoms with van der Waals surface area (Å²) in [7, 11) is 0. The Labute approximate surface area is 208 Å². The van der Waals surface area contributed by atoms with Crippen LogP contribution in [0, 0.1) is 34.5 Å². The van der Waals surface area contributed by atoms with Crippen molar-refractivity contribution in [3.05, 3.63) is 24.4 Å². The molecule has 5 aliphatic rings. The lowest BCUT2D eigenvalue weighted by Crippen LogP contribution is -2.50. The normalized spacial score (nSPS) is 34.8. The van der Waals surface area contributed by atoms with Crippen LogP contribution < -0.4 is 0 Å². The zero-order valence-electron chi connectivity index (χ0n) is 22.0. The van der Waals surface area contributed by atoms with Crippen LogP contribution in [-0.4, -0.2) is 55.1 Å². The van der Waals surface area contributed by atoms with Gasteiger partial charge in [-0.1, -0.05) is 51.8 Å². The molecule has 1 amide bonds. The van der Waals surface area contributed by atoms with Gasteiger partial charge in [-0.05, 0) is 75.0 Å². The quantitative estimate of drug-likeness (QED) is 0.427. The number of hydrogen-bond acceptors (Lipinski definition) is 3. The first-order valence-electron chi connectivity index (χ1n) is 14.3. The SMILES string of the molecule is C=C(C1CCC(C2CCCC(CC(=C)C3(C)COC3)C2)CC1)N1CCN(C(=O)C2(C)CC2)CC1. The fourth-order valence-corrected chi connectivity index (χ4v) is 7.32. The minimum absolute atomic E-state index is 0.0352. The Balaban J connectivity index is 1.05. The molecule has 0 aromatic heterocycles. The van der Waals surface area contributed by atoms with Crippen LogP contribution in [0.1, 0.15) is 84.5 Å². The van der Waals surface area contributed by atoms with E-state index in [2.05, 4.69) is 36.8 Å². The third-order valence-corrected chi connectivity index (χ3v) is 10.5. The number of rotatable bonds is 7. The van der Waals surface area contributed by atoms with Crippen LogP contribution in [0.5, 0.6) is 0 Å². The Morgan fingerprint density at radius 3 is 2.09 bits per heavy atom. The molecule has 2 unspecified atom stereocenters. The molecule has 4 nitrogen and oxygen atoms in total. The number of ether oxygens (including phenoxy) is 1. The molecule has 0 aromatic rings. The van der Waals surface area contributed by atoms with Crippen molar-refractivity contribution in [1.82, 2.24) is 9.80 Å². The molecule has 2 saturated heterocycles. The average Bonchev–Trinajstić information content (AvgIpc) is 3.60. The van der Waals surface area contributed by atoms with Gasteiger partial charge in [0.05, 0.1) is 13.2 Å². The lowest BCUT2D eigenvalue weighted by molar-refractivity contribution is -0.138. The fourth-order valence-electron chi connectivity index (χ4n) is 7.32. The van der Waals surface area contributed by atoms with Crippen molar-refractivity contribution in [1.29, 1.82) is 0 Å². The summed E-state index contributed by atoms with van der Waals surface area (Å²) >= 11 is 0. The molecule has 3 aliphatic carbocycles. The van der Waals surface area contributed by atoms with E-state index in [0.717, 1.165) is 70.0 Å². The lowest BCUT2D eigenvalue weighted by atomic mass is 9.66. The van der Waals surface area contributed by atoms with Crippen LogP contribution in [0.2, 0.25) is 0 Å². The van der Waals surface area contributed by atoms with Crippen molar-refractivity contribution in [2.75, 3.05) is 39.4 Å². The monoisotopic (exact) mass is 468 g/mol. The summed E-state index contributed by atoms with van der Waals surface area (Å²) in [6, 6.07) is 0. The molecular formula is C30H48N2O2. The molecule has 2 atom stereocenters. The number of amides is 1. The van der Waals surface area contributed by atoms with Gasteiger partial charge in [-0.3, -0.25) is 4.79 Å².